The molecule has 38 heavy (non-hydrogen) atoms. The molecule has 196 valence electrons. The number of nitrogens with zero attached hydrogens (tertiary/aromatic N) is 2. The van der Waals surface area contributed by atoms with E-state index in [2.05, 4.69) is 11.9 Å². The van der Waals surface area contributed by atoms with Crippen LogP contribution < -0.4 is 14.4 Å². The van der Waals surface area contributed by atoms with Crippen molar-refractivity contribution < 1.29 is 28.6 Å². The third-order valence-corrected chi connectivity index (χ3v) is 7.33. The number of aliphatic hydroxyl groups excluding tert-OH is 1. The monoisotopic (exact) mass is 552 g/mol. The summed E-state index contributed by atoms with van der Waals surface area (Å²) < 4.78 is 17.8. The standard InChI is InChI=1S/C28H25ClN2O6S/c1-3-5-12-36-19-11-8-16(14-21(19)35-4-2)24-23(25(32)20-7-6-13-37-20)26(33)27(34)31(24)28-30-18-10-9-17(29)15-22(18)38-28/h6-11,13-15,24,33H,3-5,12H2,1-2H3. The van der Waals surface area contributed by atoms with Crippen molar-refractivity contribution in [2.24, 2.45) is 0 Å². The number of ketones is 1. The third kappa shape index (κ3) is 4.75. The van der Waals surface area contributed by atoms with Crippen LogP contribution in [0.1, 0.15) is 48.8 Å². The minimum Gasteiger partial charge on any atom is -0.503 e. The summed E-state index contributed by atoms with van der Waals surface area (Å²) in [5.41, 5.74) is 1.08. The zero-order valence-electron chi connectivity index (χ0n) is 20.8. The van der Waals surface area contributed by atoms with E-state index in [1.807, 2.05) is 6.92 Å². The predicted molar refractivity (Wildman–Crippen MR) is 146 cm³/mol. The predicted octanol–water partition coefficient (Wildman–Crippen LogP) is 6.90. The number of hydrogen-bond donors (Lipinski definition) is 1. The van der Waals surface area contributed by atoms with Gasteiger partial charge in [0.1, 0.15) is 0 Å². The summed E-state index contributed by atoms with van der Waals surface area (Å²) in [6.45, 7) is 4.85. The highest BCUT2D eigenvalue weighted by molar-refractivity contribution is 7.22. The van der Waals surface area contributed by atoms with E-state index in [1.165, 1.54) is 28.6 Å². The van der Waals surface area contributed by atoms with E-state index in [-0.39, 0.29) is 11.3 Å². The molecule has 3 heterocycles. The molecule has 0 saturated heterocycles. The largest absolute Gasteiger partial charge is 0.503 e. The van der Waals surface area contributed by atoms with E-state index in [1.54, 1.807) is 42.5 Å². The molecule has 1 atom stereocenters. The molecule has 0 radical (unpaired) electrons. The molecule has 0 saturated carbocycles. The van der Waals surface area contributed by atoms with Crippen molar-refractivity contribution >= 4 is 50.0 Å². The van der Waals surface area contributed by atoms with Crippen LogP contribution in [-0.4, -0.2) is 35.0 Å². The molecule has 8 nitrogen and oxygen atoms in total. The van der Waals surface area contributed by atoms with Crippen molar-refractivity contribution in [2.45, 2.75) is 32.7 Å². The van der Waals surface area contributed by atoms with Crippen molar-refractivity contribution in [1.29, 1.82) is 0 Å². The minimum absolute atomic E-state index is 0.00633. The van der Waals surface area contributed by atoms with Gasteiger partial charge in [0.05, 0.1) is 41.3 Å². The van der Waals surface area contributed by atoms with Crippen molar-refractivity contribution in [2.75, 3.05) is 18.1 Å². The van der Waals surface area contributed by atoms with Gasteiger partial charge in [0.15, 0.2) is 28.1 Å². The molecule has 2 aromatic heterocycles. The molecular weight excluding hydrogens is 528 g/mol. The Hall–Kier alpha value is -3.82. The van der Waals surface area contributed by atoms with Gasteiger partial charge >= 0.3 is 0 Å². The van der Waals surface area contributed by atoms with E-state index in [9.17, 15) is 14.7 Å². The Labute approximate surface area is 228 Å². The second-order valence-electron chi connectivity index (χ2n) is 8.60. The zero-order valence-corrected chi connectivity index (χ0v) is 22.3. The van der Waals surface area contributed by atoms with Crippen LogP contribution >= 0.6 is 22.9 Å². The number of unbranched alkanes of at least 4 members (excludes halogenated alkanes) is 1. The van der Waals surface area contributed by atoms with Gasteiger partial charge in [-0.3, -0.25) is 14.5 Å². The van der Waals surface area contributed by atoms with Crippen LogP contribution in [-0.2, 0) is 4.79 Å². The van der Waals surface area contributed by atoms with Crippen molar-refractivity contribution in [1.82, 2.24) is 4.98 Å². The van der Waals surface area contributed by atoms with Gasteiger partial charge in [-0.2, -0.15) is 0 Å². The van der Waals surface area contributed by atoms with Crippen LogP contribution in [0.15, 0.2) is 70.5 Å². The highest BCUT2D eigenvalue weighted by Crippen LogP contribution is 2.46. The average molecular weight is 553 g/mol. The number of aromatic nitrogens is 1. The number of carbonyl (C=O) groups excluding carboxylic acids is 2. The highest BCUT2D eigenvalue weighted by atomic mass is 35.5. The molecule has 0 aliphatic carbocycles. The molecule has 10 heteroatoms. The third-order valence-electron chi connectivity index (χ3n) is 6.08. The van der Waals surface area contributed by atoms with Gasteiger partial charge in [-0.05, 0) is 61.4 Å². The molecular formula is C28H25ClN2O6S. The molecule has 1 N–H and O–H groups in total. The van der Waals surface area contributed by atoms with Crippen LogP contribution in [0.5, 0.6) is 11.5 Å². The number of hydrogen-bond acceptors (Lipinski definition) is 8. The Morgan fingerprint density at radius 2 is 2.00 bits per heavy atom. The second kappa shape index (κ2) is 10.9. The van der Waals surface area contributed by atoms with E-state index in [0.717, 1.165) is 17.5 Å². The van der Waals surface area contributed by atoms with Crippen LogP contribution in [0.3, 0.4) is 0 Å². The lowest BCUT2D eigenvalue weighted by atomic mass is 9.95. The van der Waals surface area contributed by atoms with Gasteiger partial charge in [-0.15, -0.1) is 0 Å². The molecule has 1 aliphatic rings. The summed E-state index contributed by atoms with van der Waals surface area (Å²) >= 11 is 7.40. The Morgan fingerprint density at radius 3 is 2.74 bits per heavy atom. The van der Waals surface area contributed by atoms with E-state index >= 15 is 0 Å². The Balaban J connectivity index is 1.64. The number of benzene rings is 2. The van der Waals surface area contributed by atoms with Gasteiger partial charge in [0.2, 0.25) is 5.78 Å². The summed E-state index contributed by atoms with van der Waals surface area (Å²) in [5.74, 6) is -0.959. The van der Waals surface area contributed by atoms with Crippen LogP contribution in [0.4, 0.5) is 5.13 Å². The molecule has 1 aliphatic heterocycles. The summed E-state index contributed by atoms with van der Waals surface area (Å²) in [6, 6.07) is 12.5. The number of carbonyl (C=O) groups is 2. The topological polar surface area (TPSA) is 102 Å². The number of ether oxygens (including phenoxy) is 2. The van der Waals surface area contributed by atoms with Crippen molar-refractivity contribution in [3.63, 3.8) is 0 Å². The fourth-order valence-corrected chi connectivity index (χ4v) is 5.56. The van der Waals surface area contributed by atoms with E-state index in [4.69, 9.17) is 25.5 Å². The first-order valence-electron chi connectivity index (χ1n) is 12.2. The molecule has 5 rings (SSSR count). The fraction of sp³-hybridized carbons (Fsp3) is 0.250. The Bertz CT molecular complexity index is 1530. The average Bonchev–Trinajstić information content (AvgIpc) is 3.64. The zero-order chi connectivity index (χ0) is 26.8. The van der Waals surface area contributed by atoms with Crippen LogP contribution in [0.2, 0.25) is 5.02 Å². The van der Waals surface area contributed by atoms with Crippen LogP contribution in [0.25, 0.3) is 10.2 Å². The summed E-state index contributed by atoms with van der Waals surface area (Å²) in [6.07, 6.45) is 3.23. The number of Topliss-reactive ketones (excluding diaryl/α,β-unsaturated/α-hetero) is 1. The molecule has 0 fully saturated rings. The number of furan rings is 1. The molecule has 2 aromatic carbocycles. The number of thiazole rings is 1. The maximum Gasteiger partial charge on any atom is 0.296 e. The first kappa shape index (κ1) is 25.8. The number of aliphatic hydroxyl groups is 1. The van der Waals surface area contributed by atoms with Crippen LogP contribution in [0, 0.1) is 0 Å². The van der Waals surface area contributed by atoms with Gasteiger partial charge in [0, 0.05) is 5.02 Å². The smallest absolute Gasteiger partial charge is 0.296 e. The lowest BCUT2D eigenvalue weighted by Gasteiger charge is -2.25. The van der Waals surface area contributed by atoms with Gasteiger partial charge < -0.3 is 19.0 Å². The highest BCUT2D eigenvalue weighted by Gasteiger charge is 2.46. The molecule has 1 unspecified atom stereocenters. The SMILES string of the molecule is CCCCOc1ccc(C2C(C(=O)c3ccco3)=C(O)C(=O)N2c2nc3ccc(Cl)cc3s2)cc1OCC. The lowest BCUT2D eigenvalue weighted by molar-refractivity contribution is -0.117. The van der Waals surface area contributed by atoms with Crippen molar-refractivity contribution in [3.8, 4) is 11.5 Å². The Morgan fingerprint density at radius 1 is 1.16 bits per heavy atom. The lowest BCUT2D eigenvalue weighted by Crippen LogP contribution is -2.31. The normalized spacial score (nSPS) is 15.5. The van der Waals surface area contributed by atoms with Gasteiger partial charge in [0.25, 0.3) is 5.91 Å². The number of rotatable bonds is 10. The fourth-order valence-electron chi connectivity index (χ4n) is 4.29. The molecule has 0 bridgehead atoms. The maximum atomic E-state index is 13.5. The minimum atomic E-state index is -0.986. The summed E-state index contributed by atoms with van der Waals surface area (Å²) in [4.78, 5) is 32.9. The van der Waals surface area contributed by atoms with Gasteiger partial charge in [-0.25, -0.2) is 4.98 Å². The first-order valence-corrected chi connectivity index (χ1v) is 13.4. The van der Waals surface area contributed by atoms with E-state index < -0.39 is 23.5 Å². The number of fused-ring (bicyclic) bond motifs is 1. The number of amides is 1. The second-order valence-corrected chi connectivity index (χ2v) is 10.0. The van der Waals surface area contributed by atoms with Crippen molar-refractivity contribution in [3.05, 3.63) is 82.5 Å². The number of anilines is 1. The molecule has 0 spiro atoms. The van der Waals surface area contributed by atoms with Gasteiger partial charge in [-0.1, -0.05) is 42.3 Å². The maximum absolute atomic E-state index is 13.5. The Kier molecular flexibility index (Phi) is 7.40. The first-order chi connectivity index (χ1) is 18.4. The molecule has 4 aromatic rings. The quantitative estimate of drug-likeness (QED) is 0.168. The van der Waals surface area contributed by atoms with E-state index in [0.29, 0.717) is 45.9 Å². The molecule has 1 amide bonds. The number of halogens is 1. The summed E-state index contributed by atoms with van der Waals surface area (Å²) in [7, 11) is 0. The summed E-state index contributed by atoms with van der Waals surface area (Å²) in [5, 5.41) is 11.9.